The maximum atomic E-state index is 12.5. The van der Waals surface area contributed by atoms with E-state index < -0.39 is 0 Å². The van der Waals surface area contributed by atoms with E-state index in [0.29, 0.717) is 0 Å². The van der Waals surface area contributed by atoms with Crippen molar-refractivity contribution < 1.29 is 4.73 Å². The predicted octanol–water partition coefficient (Wildman–Crippen LogP) is 5.45. The zero-order valence-corrected chi connectivity index (χ0v) is 15.5. The molecule has 0 amide bonds. The van der Waals surface area contributed by atoms with E-state index >= 15 is 0 Å². The third kappa shape index (κ3) is 4.13. The smallest absolute Gasteiger partial charge is 0.200 e. The summed E-state index contributed by atoms with van der Waals surface area (Å²) in [5.74, 6) is 0.937. The van der Waals surface area contributed by atoms with E-state index in [9.17, 15) is 5.21 Å². The highest BCUT2D eigenvalue weighted by molar-refractivity contribution is 7.98. The number of rotatable bonds is 5. The van der Waals surface area contributed by atoms with Gasteiger partial charge in [0.1, 0.15) is 0 Å². The minimum Gasteiger partial charge on any atom is -0.618 e. The molecule has 0 N–H and O–H groups in total. The van der Waals surface area contributed by atoms with Crippen LogP contribution in [0.25, 0.3) is 0 Å². The fraction of sp³-hybridized carbons (Fsp3) is 0.476. The van der Waals surface area contributed by atoms with Gasteiger partial charge in [-0.2, -0.15) is 4.73 Å². The maximum absolute atomic E-state index is 12.5. The molecule has 2 nitrogen and oxygen atoms in total. The lowest BCUT2D eigenvalue weighted by Crippen LogP contribution is -2.34. The van der Waals surface area contributed by atoms with Crippen LogP contribution in [0, 0.1) is 18.0 Å². The average molecular weight is 342 g/mol. The standard InChI is InChI=1S/C21H27NOS/c1-16-8-13-21(22(23)15-16)20(14-17-6-4-3-5-7-17)18-9-11-19(24-2)12-10-18/h8-13,15,17,20H,3-7,14H2,1-2H3. The van der Waals surface area contributed by atoms with Crippen LogP contribution in [0.15, 0.2) is 47.5 Å². The van der Waals surface area contributed by atoms with Gasteiger partial charge in [-0.3, -0.25) is 0 Å². The normalized spacial score (nSPS) is 16.9. The van der Waals surface area contributed by atoms with E-state index in [1.165, 1.54) is 42.6 Å². The molecule has 1 fully saturated rings. The predicted molar refractivity (Wildman–Crippen MR) is 101 cm³/mol. The molecule has 1 aromatic carbocycles. The van der Waals surface area contributed by atoms with Gasteiger partial charge in [-0.1, -0.05) is 44.2 Å². The van der Waals surface area contributed by atoms with E-state index in [2.05, 4.69) is 36.6 Å². The Balaban J connectivity index is 1.92. The molecule has 128 valence electrons. The minimum atomic E-state index is 0.196. The van der Waals surface area contributed by atoms with E-state index in [0.717, 1.165) is 28.3 Å². The molecular weight excluding hydrogens is 314 g/mol. The van der Waals surface area contributed by atoms with Gasteiger partial charge in [0.05, 0.1) is 5.92 Å². The van der Waals surface area contributed by atoms with Gasteiger partial charge in [0, 0.05) is 16.5 Å². The van der Waals surface area contributed by atoms with Crippen LogP contribution in [-0.2, 0) is 0 Å². The first-order valence-corrected chi connectivity index (χ1v) is 10.2. The van der Waals surface area contributed by atoms with Crippen LogP contribution in [-0.4, -0.2) is 6.26 Å². The molecule has 0 radical (unpaired) electrons. The summed E-state index contributed by atoms with van der Waals surface area (Å²) in [4.78, 5) is 1.27. The van der Waals surface area contributed by atoms with Crippen molar-refractivity contribution in [2.45, 2.75) is 56.3 Å². The number of nitrogens with zero attached hydrogens (tertiary/aromatic N) is 1. The third-order valence-electron chi connectivity index (χ3n) is 5.26. The molecule has 2 aromatic rings. The molecule has 1 unspecified atom stereocenters. The highest BCUT2D eigenvalue weighted by Gasteiger charge is 2.26. The van der Waals surface area contributed by atoms with Crippen molar-refractivity contribution in [3.05, 3.63) is 64.6 Å². The van der Waals surface area contributed by atoms with Gasteiger partial charge in [0.25, 0.3) is 0 Å². The molecule has 0 spiro atoms. The molecule has 1 saturated carbocycles. The van der Waals surface area contributed by atoms with Crippen molar-refractivity contribution in [2.75, 3.05) is 6.26 Å². The van der Waals surface area contributed by atoms with Gasteiger partial charge in [0.2, 0.25) is 0 Å². The van der Waals surface area contributed by atoms with Crippen LogP contribution < -0.4 is 4.73 Å². The molecule has 0 aliphatic heterocycles. The second-order valence-corrected chi connectivity index (χ2v) is 7.90. The fourth-order valence-corrected chi connectivity index (χ4v) is 4.29. The number of aromatic nitrogens is 1. The molecule has 3 rings (SSSR count). The number of hydrogen-bond acceptors (Lipinski definition) is 2. The minimum absolute atomic E-state index is 0.196. The van der Waals surface area contributed by atoms with Crippen molar-refractivity contribution in [3.8, 4) is 0 Å². The van der Waals surface area contributed by atoms with Crippen molar-refractivity contribution >= 4 is 11.8 Å². The molecule has 1 aliphatic carbocycles. The van der Waals surface area contributed by atoms with Crippen LogP contribution in [0.4, 0.5) is 0 Å². The van der Waals surface area contributed by atoms with Crippen LogP contribution in [0.5, 0.6) is 0 Å². The lowest BCUT2D eigenvalue weighted by Gasteiger charge is -2.26. The van der Waals surface area contributed by atoms with Crippen molar-refractivity contribution in [1.29, 1.82) is 0 Å². The monoisotopic (exact) mass is 341 g/mol. The Morgan fingerprint density at radius 3 is 2.42 bits per heavy atom. The van der Waals surface area contributed by atoms with E-state index in [1.54, 1.807) is 18.0 Å². The molecule has 1 aliphatic rings. The summed E-state index contributed by atoms with van der Waals surface area (Å²) in [6.45, 7) is 1.97. The zero-order valence-electron chi connectivity index (χ0n) is 14.7. The summed E-state index contributed by atoms with van der Waals surface area (Å²) in [6, 6.07) is 12.9. The van der Waals surface area contributed by atoms with E-state index in [1.807, 2.05) is 13.0 Å². The average Bonchev–Trinajstić information content (AvgIpc) is 2.61. The van der Waals surface area contributed by atoms with Gasteiger partial charge < -0.3 is 5.21 Å². The summed E-state index contributed by atoms with van der Waals surface area (Å²) in [5, 5.41) is 12.5. The Labute approximate surface area is 149 Å². The summed E-state index contributed by atoms with van der Waals surface area (Å²) >= 11 is 1.76. The first kappa shape index (κ1) is 17.3. The Hall–Kier alpha value is -1.48. The highest BCUT2D eigenvalue weighted by atomic mass is 32.2. The lowest BCUT2D eigenvalue weighted by atomic mass is 9.79. The quantitative estimate of drug-likeness (QED) is 0.410. The number of thioether (sulfide) groups is 1. The van der Waals surface area contributed by atoms with Gasteiger partial charge in [0.15, 0.2) is 11.9 Å². The molecular formula is C21H27NOS. The van der Waals surface area contributed by atoms with Gasteiger partial charge in [-0.15, -0.1) is 11.8 Å². The summed E-state index contributed by atoms with van der Waals surface area (Å²) in [7, 11) is 0. The summed E-state index contributed by atoms with van der Waals surface area (Å²) in [6.07, 6.45) is 11.6. The van der Waals surface area contributed by atoms with Gasteiger partial charge in [-0.25, -0.2) is 0 Å². The summed E-state index contributed by atoms with van der Waals surface area (Å²) < 4.78 is 1.09. The number of pyridine rings is 1. The SMILES string of the molecule is CSc1ccc(C(CC2CCCCC2)c2ccc(C)c[n+]2[O-])cc1. The van der Waals surface area contributed by atoms with Crippen molar-refractivity contribution in [3.63, 3.8) is 0 Å². The molecule has 1 atom stereocenters. The largest absolute Gasteiger partial charge is 0.618 e. The van der Waals surface area contributed by atoms with Crippen LogP contribution in [0.3, 0.4) is 0 Å². The third-order valence-corrected chi connectivity index (χ3v) is 6.00. The van der Waals surface area contributed by atoms with Crippen molar-refractivity contribution in [1.82, 2.24) is 0 Å². The molecule has 0 saturated heterocycles. The Morgan fingerprint density at radius 1 is 1.08 bits per heavy atom. The second kappa shape index (κ2) is 8.06. The van der Waals surface area contributed by atoms with Gasteiger partial charge in [-0.05, 0) is 49.3 Å². The molecule has 1 heterocycles. The van der Waals surface area contributed by atoms with Gasteiger partial charge >= 0.3 is 0 Å². The van der Waals surface area contributed by atoms with Crippen LogP contribution in [0.2, 0.25) is 0 Å². The zero-order chi connectivity index (χ0) is 16.9. The number of aryl methyl sites for hydroxylation is 1. The second-order valence-electron chi connectivity index (χ2n) is 7.02. The molecule has 1 aromatic heterocycles. The first-order chi connectivity index (χ1) is 11.7. The Kier molecular flexibility index (Phi) is 5.83. The number of hydrogen-bond donors (Lipinski definition) is 0. The lowest BCUT2D eigenvalue weighted by molar-refractivity contribution is -0.615. The molecule has 3 heteroatoms. The molecule has 0 bridgehead atoms. The maximum Gasteiger partial charge on any atom is 0.200 e. The van der Waals surface area contributed by atoms with E-state index in [4.69, 9.17) is 0 Å². The molecule has 24 heavy (non-hydrogen) atoms. The fourth-order valence-electron chi connectivity index (χ4n) is 3.88. The highest BCUT2D eigenvalue weighted by Crippen LogP contribution is 2.36. The first-order valence-electron chi connectivity index (χ1n) is 9.01. The van der Waals surface area contributed by atoms with E-state index in [-0.39, 0.29) is 5.92 Å². The topological polar surface area (TPSA) is 26.9 Å². The van der Waals surface area contributed by atoms with Crippen LogP contribution >= 0.6 is 11.8 Å². The van der Waals surface area contributed by atoms with Crippen molar-refractivity contribution in [2.24, 2.45) is 5.92 Å². The summed E-state index contributed by atoms with van der Waals surface area (Å²) in [5.41, 5.74) is 3.18. The Morgan fingerprint density at radius 2 is 1.79 bits per heavy atom. The number of benzene rings is 1. The Bertz CT molecular complexity index is 662. The van der Waals surface area contributed by atoms with Crippen LogP contribution in [0.1, 0.15) is 61.3 Å².